The molecule has 1 saturated heterocycles. The number of hydrogen-bond donors (Lipinski definition) is 1. The van der Waals surface area contributed by atoms with E-state index in [0.29, 0.717) is 44.6 Å². The molecule has 6 heteroatoms. The Morgan fingerprint density at radius 3 is 2.23 bits per heavy atom. The molecule has 2 amide bonds. The summed E-state index contributed by atoms with van der Waals surface area (Å²) in [5.74, 6) is -0.157. The molecule has 0 unspecified atom stereocenters. The average molecular weight is 422 g/mol. The van der Waals surface area contributed by atoms with Crippen LogP contribution in [0.5, 0.6) is 0 Å². The fourth-order valence-corrected chi connectivity index (χ4v) is 4.94. The van der Waals surface area contributed by atoms with Crippen molar-refractivity contribution >= 4 is 17.5 Å². The number of aliphatic hydroxyl groups is 1. The van der Waals surface area contributed by atoms with Gasteiger partial charge in [0.2, 0.25) is 0 Å². The SMILES string of the molecule is O=C(c1ccc(N2CCC3=C(CCC=C3)CC2)cc1)N1CCN(C(=O)C2(O)CC2)CC1. The second-order valence-corrected chi connectivity index (χ2v) is 9.22. The maximum Gasteiger partial charge on any atom is 0.254 e. The molecule has 2 fully saturated rings. The Balaban J connectivity index is 1.17. The van der Waals surface area contributed by atoms with Crippen molar-refractivity contribution in [3.63, 3.8) is 0 Å². The van der Waals surface area contributed by atoms with E-state index in [0.717, 1.165) is 25.9 Å². The van der Waals surface area contributed by atoms with Gasteiger partial charge in [-0.15, -0.1) is 0 Å². The number of allylic oxidation sites excluding steroid dienone is 2. The summed E-state index contributed by atoms with van der Waals surface area (Å²) < 4.78 is 0. The second-order valence-electron chi connectivity index (χ2n) is 9.22. The van der Waals surface area contributed by atoms with Crippen LogP contribution in [0.25, 0.3) is 0 Å². The number of benzene rings is 1. The molecule has 1 N–H and O–H groups in total. The van der Waals surface area contributed by atoms with E-state index in [4.69, 9.17) is 0 Å². The standard InChI is InChI=1S/C25H31N3O3/c29-23(27-15-17-28(18-16-27)24(30)25(31)11-12-25)21-5-7-22(8-6-21)26-13-9-19-3-1-2-4-20(19)10-14-26/h1,3,5-8,31H,2,4,9-18H2. The Morgan fingerprint density at radius 1 is 0.839 bits per heavy atom. The molecule has 0 spiro atoms. The van der Waals surface area contributed by atoms with Crippen LogP contribution in [0.1, 0.15) is 48.9 Å². The summed E-state index contributed by atoms with van der Waals surface area (Å²) in [6, 6.07) is 7.99. The maximum atomic E-state index is 12.9. The van der Waals surface area contributed by atoms with Gasteiger partial charge >= 0.3 is 0 Å². The summed E-state index contributed by atoms with van der Waals surface area (Å²) in [6.07, 6.45) is 10.3. The molecule has 0 atom stereocenters. The lowest BCUT2D eigenvalue weighted by molar-refractivity contribution is -0.143. The molecule has 0 bridgehead atoms. The number of nitrogens with zero attached hydrogens (tertiary/aromatic N) is 3. The summed E-state index contributed by atoms with van der Waals surface area (Å²) >= 11 is 0. The van der Waals surface area contributed by atoms with E-state index in [2.05, 4.69) is 29.2 Å². The van der Waals surface area contributed by atoms with Crippen molar-refractivity contribution in [2.24, 2.45) is 0 Å². The van der Waals surface area contributed by atoms with Crippen LogP contribution in [-0.2, 0) is 4.79 Å². The Bertz CT molecular complexity index is 922. The molecule has 2 heterocycles. The third kappa shape index (κ3) is 4.13. The summed E-state index contributed by atoms with van der Waals surface area (Å²) in [5.41, 5.74) is 3.88. The number of anilines is 1. The molecule has 2 aliphatic carbocycles. The summed E-state index contributed by atoms with van der Waals surface area (Å²) in [6.45, 7) is 4.05. The van der Waals surface area contributed by atoms with Crippen LogP contribution >= 0.6 is 0 Å². The minimum atomic E-state index is -1.12. The van der Waals surface area contributed by atoms with Gasteiger partial charge in [0, 0.05) is 50.5 Å². The lowest BCUT2D eigenvalue weighted by Crippen LogP contribution is -2.53. The van der Waals surface area contributed by atoms with Gasteiger partial charge in [-0.2, -0.15) is 0 Å². The smallest absolute Gasteiger partial charge is 0.254 e. The minimum absolute atomic E-state index is 0.0157. The van der Waals surface area contributed by atoms with Crippen molar-refractivity contribution in [2.75, 3.05) is 44.2 Å². The molecular formula is C25H31N3O3. The van der Waals surface area contributed by atoms with E-state index in [-0.39, 0.29) is 11.8 Å². The van der Waals surface area contributed by atoms with Gasteiger partial charge in [-0.05, 0) is 68.4 Å². The van der Waals surface area contributed by atoms with Crippen molar-refractivity contribution < 1.29 is 14.7 Å². The molecule has 1 saturated carbocycles. The van der Waals surface area contributed by atoms with Crippen LogP contribution < -0.4 is 4.90 Å². The van der Waals surface area contributed by atoms with Crippen molar-refractivity contribution in [1.82, 2.24) is 9.80 Å². The molecule has 1 aromatic carbocycles. The molecule has 31 heavy (non-hydrogen) atoms. The zero-order valence-corrected chi connectivity index (χ0v) is 18.1. The molecular weight excluding hydrogens is 390 g/mol. The normalized spacial score (nSPS) is 22.8. The third-order valence-electron chi connectivity index (χ3n) is 7.18. The molecule has 164 valence electrons. The summed E-state index contributed by atoms with van der Waals surface area (Å²) in [7, 11) is 0. The van der Waals surface area contributed by atoms with Gasteiger partial charge in [-0.1, -0.05) is 17.7 Å². The highest BCUT2D eigenvalue weighted by Crippen LogP contribution is 2.37. The third-order valence-corrected chi connectivity index (χ3v) is 7.18. The number of carbonyl (C=O) groups is 2. The van der Waals surface area contributed by atoms with E-state index < -0.39 is 5.60 Å². The van der Waals surface area contributed by atoms with Crippen LogP contribution in [0.3, 0.4) is 0 Å². The first-order valence-electron chi connectivity index (χ1n) is 11.6. The van der Waals surface area contributed by atoms with Crippen LogP contribution in [0.15, 0.2) is 47.6 Å². The zero-order valence-electron chi connectivity index (χ0n) is 18.1. The highest BCUT2D eigenvalue weighted by atomic mass is 16.3. The van der Waals surface area contributed by atoms with Crippen molar-refractivity contribution in [3.05, 3.63) is 53.1 Å². The summed E-state index contributed by atoms with van der Waals surface area (Å²) in [4.78, 5) is 31.2. The molecule has 2 aliphatic heterocycles. The van der Waals surface area contributed by atoms with Crippen molar-refractivity contribution in [3.8, 4) is 0 Å². The topological polar surface area (TPSA) is 64.1 Å². The first-order valence-corrected chi connectivity index (χ1v) is 11.6. The Labute approximate surface area is 183 Å². The summed E-state index contributed by atoms with van der Waals surface area (Å²) in [5, 5.41) is 10.0. The molecule has 4 aliphatic rings. The number of amides is 2. The lowest BCUT2D eigenvalue weighted by atomic mass is 9.94. The van der Waals surface area contributed by atoms with E-state index >= 15 is 0 Å². The van der Waals surface area contributed by atoms with Crippen molar-refractivity contribution in [1.29, 1.82) is 0 Å². The number of hydrogen-bond acceptors (Lipinski definition) is 4. The highest BCUT2D eigenvalue weighted by molar-refractivity contribution is 5.95. The fourth-order valence-electron chi connectivity index (χ4n) is 4.94. The Morgan fingerprint density at radius 2 is 1.52 bits per heavy atom. The number of piperazine rings is 1. The second kappa shape index (κ2) is 8.15. The molecule has 0 radical (unpaired) electrons. The number of carbonyl (C=O) groups excluding carboxylic acids is 2. The first-order chi connectivity index (χ1) is 15.0. The average Bonchev–Trinajstić information content (AvgIpc) is 3.61. The van der Waals surface area contributed by atoms with Crippen LogP contribution in [0.4, 0.5) is 5.69 Å². The predicted octanol–water partition coefficient (Wildman–Crippen LogP) is 2.74. The van der Waals surface area contributed by atoms with Gasteiger partial charge < -0.3 is 19.8 Å². The van der Waals surface area contributed by atoms with E-state index in [1.165, 1.54) is 24.1 Å². The van der Waals surface area contributed by atoms with Crippen molar-refractivity contribution in [2.45, 2.75) is 44.1 Å². The van der Waals surface area contributed by atoms with E-state index in [1.807, 2.05) is 17.0 Å². The maximum absolute atomic E-state index is 12.9. The van der Waals surface area contributed by atoms with Gasteiger partial charge in [-0.3, -0.25) is 9.59 Å². The Hall–Kier alpha value is -2.60. The van der Waals surface area contributed by atoms with Crippen LogP contribution in [0, 0.1) is 0 Å². The quantitative estimate of drug-likeness (QED) is 0.815. The van der Waals surface area contributed by atoms with E-state index in [1.54, 1.807) is 10.5 Å². The molecule has 1 aromatic rings. The Kier molecular flexibility index (Phi) is 5.34. The molecule has 6 nitrogen and oxygen atoms in total. The fraction of sp³-hybridized carbons (Fsp3) is 0.520. The molecule has 5 rings (SSSR count). The van der Waals surface area contributed by atoms with Crippen LogP contribution in [-0.4, -0.2) is 71.6 Å². The van der Waals surface area contributed by atoms with Gasteiger partial charge in [0.15, 0.2) is 0 Å². The highest BCUT2D eigenvalue weighted by Gasteiger charge is 2.50. The first kappa shape index (κ1) is 20.3. The van der Waals surface area contributed by atoms with Gasteiger partial charge in [-0.25, -0.2) is 0 Å². The zero-order chi connectivity index (χ0) is 21.4. The van der Waals surface area contributed by atoms with E-state index in [9.17, 15) is 14.7 Å². The van der Waals surface area contributed by atoms with Gasteiger partial charge in [0.25, 0.3) is 11.8 Å². The minimum Gasteiger partial charge on any atom is -0.380 e. The molecule has 0 aromatic heterocycles. The van der Waals surface area contributed by atoms with Gasteiger partial charge in [0.05, 0.1) is 0 Å². The predicted molar refractivity (Wildman–Crippen MR) is 120 cm³/mol. The van der Waals surface area contributed by atoms with Crippen LogP contribution in [0.2, 0.25) is 0 Å². The number of rotatable bonds is 3. The largest absolute Gasteiger partial charge is 0.380 e. The lowest BCUT2D eigenvalue weighted by Gasteiger charge is -2.35. The van der Waals surface area contributed by atoms with Gasteiger partial charge in [0.1, 0.15) is 5.60 Å². The monoisotopic (exact) mass is 421 g/mol.